The zero-order chi connectivity index (χ0) is 37.2. The van der Waals surface area contributed by atoms with E-state index in [1.165, 1.54) is 116 Å². The van der Waals surface area contributed by atoms with Gasteiger partial charge in [0.15, 0.2) is 0 Å². The third-order valence-corrected chi connectivity index (χ3v) is 10.5. The highest BCUT2D eigenvalue weighted by molar-refractivity contribution is 7.45. The van der Waals surface area contributed by atoms with E-state index in [-0.39, 0.29) is 19.1 Å². The molecule has 0 fully saturated rings. The third kappa shape index (κ3) is 35.6. The number of aliphatic hydroxyl groups excluding tert-OH is 1. The number of nitrogens with zero attached hydrogens (tertiary/aromatic N) is 1. The molecule has 0 heterocycles. The number of hydrogen-bond donors (Lipinski definition) is 2. The Hall–Kier alpha value is -0.760. The SMILES string of the molecule is CCCCCCCC/C=C\CCCCCC(=O)NC(COP(=O)([O-])OCC[N+](C)(C)C)C(O)CCCCCCCCCCCCCCCCC. The predicted octanol–water partition coefficient (Wildman–Crippen LogP) is 10.6. The fraction of sp³-hybridized carbons (Fsp3) is 0.927. The second-order valence-corrected chi connectivity index (χ2v) is 17.1. The molecule has 0 saturated heterocycles. The van der Waals surface area contributed by atoms with Crippen LogP contribution in [0.5, 0.6) is 0 Å². The van der Waals surface area contributed by atoms with Gasteiger partial charge >= 0.3 is 0 Å². The molecule has 2 N–H and O–H groups in total. The Morgan fingerprint density at radius 3 is 1.56 bits per heavy atom. The van der Waals surface area contributed by atoms with Crippen molar-refractivity contribution in [2.45, 2.75) is 206 Å². The summed E-state index contributed by atoms with van der Waals surface area (Å²) < 4.78 is 23.2. The number of rotatable bonds is 38. The Morgan fingerprint density at radius 1 is 0.680 bits per heavy atom. The van der Waals surface area contributed by atoms with Crippen molar-refractivity contribution in [2.75, 3.05) is 40.9 Å². The van der Waals surface area contributed by atoms with Crippen molar-refractivity contribution < 1.29 is 32.9 Å². The molecule has 9 heteroatoms. The van der Waals surface area contributed by atoms with Gasteiger partial charge < -0.3 is 28.8 Å². The molecule has 0 aliphatic heterocycles. The van der Waals surface area contributed by atoms with E-state index in [2.05, 4.69) is 31.3 Å². The zero-order valence-corrected chi connectivity index (χ0v) is 34.5. The molecule has 3 unspecified atom stereocenters. The highest BCUT2D eigenvalue weighted by atomic mass is 31.2. The lowest BCUT2D eigenvalue weighted by Gasteiger charge is -2.30. The number of unbranched alkanes of at least 4 members (excludes halogenated alkanes) is 23. The fourth-order valence-electron chi connectivity index (χ4n) is 6.09. The van der Waals surface area contributed by atoms with Gasteiger partial charge in [-0.15, -0.1) is 0 Å². The standard InChI is InChI=1S/C41H83N2O6P/c1-6-8-10-12-14-16-18-20-21-23-24-26-28-30-32-34-40(44)39(38-49-50(46,47)48-37-36-43(3,4)5)42-41(45)35-33-31-29-27-25-22-19-17-15-13-11-9-7-2/h22,25,39-40,44H,6-21,23-24,26-38H2,1-5H3,(H-,42,45,46,47)/b25-22-. The number of hydrogen-bond acceptors (Lipinski definition) is 6. The van der Waals surface area contributed by atoms with Crippen molar-refractivity contribution >= 4 is 13.7 Å². The fourth-order valence-corrected chi connectivity index (χ4v) is 6.81. The first kappa shape index (κ1) is 49.2. The summed E-state index contributed by atoms with van der Waals surface area (Å²) in [6, 6.07) is -0.802. The minimum absolute atomic E-state index is 0.0111. The molecule has 0 saturated carbocycles. The topological polar surface area (TPSA) is 108 Å². The number of aliphatic hydroxyl groups is 1. The van der Waals surface area contributed by atoms with Gasteiger partial charge in [-0.1, -0.05) is 161 Å². The summed E-state index contributed by atoms with van der Waals surface area (Å²) in [5.74, 6) is -0.181. The lowest BCUT2D eigenvalue weighted by Crippen LogP contribution is -2.46. The Morgan fingerprint density at radius 2 is 1.10 bits per heavy atom. The Kier molecular flexibility index (Phi) is 33.5. The van der Waals surface area contributed by atoms with Crippen LogP contribution < -0.4 is 10.2 Å². The summed E-state index contributed by atoms with van der Waals surface area (Å²) in [5.41, 5.74) is 0. The molecule has 0 rings (SSSR count). The molecular formula is C41H83N2O6P. The summed E-state index contributed by atoms with van der Waals surface area (Å²) in [6.07, 6.45) is 36.3. The van der Waals surface area contributed by atoms with E-state index in [1.807, 2.05) is 21.1 Å². The molecule has 0 bridgehead atoms. The van der Waals surface area contributed by atoms with Gasteiger partial charge in [-0.05, 0) is 38.5 Å². The van der Waals surface area contributed by atoms with E-state index in [1.54, 1.807) is 0 Å². The molecule has 3 atom stereocenters. The van der Waals surface area contributed by atoms with Crippen LogP contribution in [0.2, 0.25) is 0 Å². The third-order valence-electron chi connectivity index (χ3n) is 9.50. The van der Waals surface area contributed by atoms with Gasteiger partial charge in [0.05, 0.1) is 39.9 Å². The molecule has 1 amide bonds. The number of carbonyl (C=O) groups is 1. The molecule has 0 aliphatic rings. The van der Waals surface area contributed by atoms with Gasteiger partial charge in [-0.3, -0.25) is 9.36 Å². The Labute approximate surface area is 310 Å². The molecular weight excluding hydrogens is 647 g/mol. The van der Waals surface area contributed by atoms with Gasteiger partial charge in [-0.25, -0.2) is 0 Å². The minimum atomic E-state index is -4.56. The average molecular weight is 731 g/mol. The number of carbonyl (C=O) groups excluding carboxylic acids is 1. The Bertz CT molecular complexity index is 834. The molecule has 0 aliphatic carbocycles. The number of likely N-dealkylation sites (N-methyl/N-ethyl adjacent to an activating group) is 1. The van der Waals surface area contributed by atoms with Crippen molar-refractivity contribution in [3.8, 4) is 0 Å². The van der Waals surface area contributed by atoms with Crippen LogP contribution in [0.15, 0.2) is 12.2 Å². The van der Waals surface area contributed by atoms with Crippen LogP contribution in [0.3, 0.4) is 0 Å². The van der Waals surface area contributed by atoms with Crippen LogP contribution in [0.4, 0.5) is 0 Å². The summed E-state index contributed by atoms with van der Waals surface area (Å²) in [6.45, 7) is 4.70. The summed E-state index contributed by atoms with van der Waals surface area (Å²) in [4.78, 5) is 25.2. The monoisotopic (exact) mass is 731 g/mol. The maximum atomic E-state index is 12.8. The number of phosphoric acid groups is 1. The quantitative estimate of drug-likeness (QED) is 0.0283. The van der Waals surface area contributed by atoms with Gasteiger partial charge in [0, 0.05) is 6.42 Å². The largest absolute Gasteiger partial charge is 0.756 e. The number of quaternary nitrogens is 1. The summed E-state index contributed by atoms with van der Waals surface area (Å²) in [5, 5.41) is 13.9. The van der Waals surface area contributed by atoms with E-state index >= 15 is 0 Å². The highest BCUT2D eigenvalue weighted by Crippen LogP contribution is 2.38. The Balaban J connectivity index is 4.42. The van der Waals surface area contributed by atoms with Crippen molar-refractivity contribution in [1.29, 1.82) is 0 Å². The molecule has 0 radical (unpaired) electrons. The second-order valence-electron chi connectivity index (χ2n) is 15.7. The molecule has 298 valence electrons. The van der Waals surface area contributed by atoms with Crippen LogP contribution in [0.25, 0.3) is 0 Å². The number of amides is 1. The smallest absolute Gasteiger partial charge is 0.268 e. The lowest BCUT2D eigenvalue weighted by atomic mass is 10.0. The van der Waals surface area contributed by atoms with Crippen LogP contribution in [0.1, 0.15) is 194 Å². The van der Waals surface area contributed by atoms with Crippen molar-refractivity contribution in [3.63, 3.8) is 0 Å². The van der Waals surface area contributed by atoms with Gasteiger partial charge in [-0.2, -0.15) is 0 Å². The van der Waals surface area contributed by atoms with E-state index in [9.17, 15) is 19.4 Å². The number of nitrogens with one attached hydrogen (secondary N) is 1. The van der Waals surface area contributed by atoms with Crippen LogP contribution in [0, 0.1) is 0 Å². The van der Waals surface area contributed by atoms with Crippen LogP contribution >= 0.6 is 7.82 Å². The number of allylic oxidation sites excluding steroid dienone is 2. The van der Waals surface area contributed by atoms with Crippen LogP contribution in [-0.2, 0) is 18.4 Å². The normalized spacial score (nSPS) is 14.6. The van der Waals surface area contributed by atoms with Crippen molar-refractivity contribution in [3.05, 3.63) is 12.2 Å². The maximum Gasteiger partial charge on any atom is 0.268 e. The molecule has 50 heavy (non-hydrogen) atoms. The van der Waals surface area contributed by atoms with Gasteiger partial charge in [0.1, 0.15) is 13.2 Å². The van der Waals surface area contributed by atoms with Crippen molar-refractivity contribution in [1.82, 2.24) is 5.32 Å². The first-order chi connectivity index (χ1) is 24.0. The molecule has 0 spiro atoms. The van der Waals surface area contributed by atoms with E-state index in [0.717, 1.165) is 51.4 Å². The van der Waals surface area contributed by atoms with Crippen LogP contribution in [-0.4, -0.2) is 68.5 Å². The van der Waals surface area contributed by atoms with E-state index in [0.29, 0.717) is 23.9 Å². The van der Waals surface area contributed by atoms with Crippen molar-refractivity contribution in [2.24, 2.45) is 0 Å². The maximum absolute atomic E-state index is 12.8. The highest BCUT2D eigenvalue weighted by Gasteiger charge is 2.24. The zero-order valence-electron chi connectivity index (χ0n) is 33.6. The predicted molar refractivity (Wildman–Crippen MR) is 210 cm³/mol. The first-order valence-corrected chi connectivity index (χ1v) is 22.5. The first-order valence-electron chi connectivity index (χ1n) is 21.0. The molecule has 0 aromatic rings. The lowest BCUT2D eigenvalue weighted by molar-refractivity contribution is -0.870. The van der Waals surface area contributed by atoms with E-state index < -0.39 is 20.0 Å². The number of phosphoric ester groups is 1. The molecule has 0 aromatic heterocycles. The van der Waals surface area contributed by atoms with Gasteiger partial charge in [0.25, 0.3) is 7.82 Å². The van der Waals surface area contributed by atoms with E-state index in [4.69, 9.17) is 9.05 Å². The summed E-state index contributed by atoms with van der Waals surface area (Å²) in [7, 11) is 1.30. The average Bonchev–Trinajstić information content (AvgIpc) is 3.06. The van der Waals surface area contributed by atoms with Gasteiger partial charge in [0.2, 0.25) is 5.91 Å². The minimum Gasteiger partial charge on any atom is -0.756 e. The second kappa shape index (κ2) is 34.0. The molecule has 0 aromatic carbocycles. The summed E-state index contributed by atoms with van der Waals surface area (Å²) >= 11 is 0. The molecule has 8 nitrogen and oxygen atoms in total.